The smallest absolute Gasteiger partial charge is 0.170 e. The Hall–Kier alpha value is -1.82. The van der Waals surface area contributed by atoms with Crippen LogP contribution in [0.4, 0.5) is 10.1 Å². The van der Waals surface area contributed by atoms with Crippen molar-refractivity contribution in [1.29, 1.82) is 0 Å². The zero-order chi connectivity index (χ0) is 14.1. The molecule has 0 amide bonds. The van der Waals surface area contributed by atoms with Gasteiger partial charge in [0.2, 0.25) is 0 Å². The van der Waals surface area contributed by atoms with E-state index >= 15 is 0 Å². The molecule has 1 aromatic carbocycles. The van der Waals surface area contributed by atoms with E-state index in [2.05, 4.69) is 15.0 Å². The zero-order valence-corrected chi connectivity index (χ0v) is 11.3. The van der Waals surface area contributed by atoms with Crippen molar-refractivity contribution in [3.05, 3.63) is 29.6 Å². The fourth-order valence-electron chi connectivity index (χ4n) is 3.19. The summed E-state index contributed by atoms with van der Waals surface area (Å²) in [6.07, 6.45) is 2.43. The number of rotatable bonds is 2. The first kappa shape index (κ1) is 13.2. The number of nitrogens with zero attached hydrogens (tertiary/aromatic N) is 3. The monoisotopic (exact) mass is 278 g/mol. The van der Waals surface area contributed by atoms with Crippen LogP contribution in [-0.2, 0) is 0 Å². The third-order valence-corrected chi connectivity index (χ3v) is 4.28. The summed E-state index contributed by atoms with van der Waals surface area (Å²) < 4.78 is 14.2. The molecule has 2 heterocycles. The summed E-state index contributed by atoms with van der Waals surface area (Å²) in [5.74, 6) is -0.392. The van der Waals surface area contributed by atoms with Crippen LogP contribution in [0.15, 0.2) is 23.4 Å². The molecule has 2 saturated heterocycles. The predicted octanol–water partition coefficient (Wildman–Crippen LogP) is 1.20. The molecule has 0 aromatic heterocycles. The van der Waals surface area contributed by atoms with E-state index in [0.29, 0.717) is 17.3 Å². The fraction of sp³-hybridized carbons (Fsp3) is 0.500. The normalized spacial score (nSPS) is 23.9. The van der Waals surface area contributed by atoms with Crippen molar-refractivity contribution >= 4 is 11.5 Å². The molecule has 0 aliphatic carbocycles. The first-order valence-electron chi connectivity index (χ1n) is 6.95. The van der Waals surface area contributed by atoms with Crippen LogP contribution in [0.2, 0.25) is 0 Å². The second-order valence-corrected chi connectivity index (χ2v) is 5.43. The van der Waals surface area contributed by atoms with Crippen LogP contribution in [0.1, 0.15) is 18.4 Å². The van der Waals surface area contributed by atoms with Gasteiger partial charge in [0.1, 0.15) is 5.82 Å². The molecular weight excluding hydrogens is 259 g/mol. The Morgan fingerprint density at radius 1 is 1.35 bits per heavy atom. The highest BCUT2D eigenvalue weighted by Crippen LogP contribution is 2.27. The van der Waals surface area contributed by atoms with Crippen LogP contribution in [0.5, 0.6) is 0 Å². The molecule has 2 fully saturated rings. The highest BCUT2D eigenvalue weighted by molar-refractivity contribution is 5.97. The Morgan fingerprint density at radius 3 is 2.95 bits per heavy atom. The first-order chi connectivity index (χ1) is 9.69. The van der Waals surface area contributed by atoms with Crippen LogP contribution >= 0.6 is 0 Å². The zero-order valence-electron chi connectivity index (χ0n) is 11.3. The van der Waals surface area contributed by atoms with Crippen LogP contribution < -0.4 is 10.6 Å². The van der Waals surface area contributed by atoms with Crippen LogP contribution in [-0.4, -0.2) is 48.2 Å². The maximum atomic E-state index is 14.2. The highest BCUT2D eigenvalue weighted by Gasteiger charge is 2.31. The molecule has 1 unspecified atom stereocenters. The lowest BCUT2D eigenvalue weighted by Crippen LogP contribution is -2.50. The Kier molecular flexibility index (Phi) is 3.48. The predicted molar refractivity (Wildman–Crippen MR) is 75.7 cm³/mol. The average molecular weight is 278 g/mol. The number of hydrogen-bond donors (Lipinski definition) is 2. The van der Waals surface area contributed by atoms with E-state index in [1.165, 1.54) is 25.5 Å². The minimum atomic E-state index is -0.319. The van der Waals surface area contributed by atoms with Gasteiger partial charge in [-0.1, -0.05) is 5.16 Å². The number of anilines is 1. The summed E-state index contributed by atoms with van der Waals surface area (Å²) in [5.41, 5.74) is 6.47. The standard InChI is InChI=1S/C14H19FN4O/c15-12-8-10(14(16)17-20)3-4-13(12)19-7-6-18-5-1-2-11(18)9-19/h3-4,8,11,20H,1-2,5-7,9H2,(H2,16,17). The molecule has 1 aromatic rings. The van der Waals surface area contributed by atoms with Crippen molar-refractivity contribution in [3.8, 4) is 0 Å². The molecule has 0 bridgehead atoms. The second-order valence-electron chi connectivity index (χ2n) is 5.43. The van der Waals surface area contributed by atoms with E-state index in [0.717, 1.165) is 19.6 Å². The van der Waals surface area contributed by atoms with Crippen LogP contribution in [0.3, 0.4) is 0 Å². The molecule has 3 N–H and O–H groups in total. The van der Waals surface area contributed by atoms with Gasteiger partial charge in [0.25, 0.3) is 0 Å². The number of benzene rings is 1. The maximum absolute atomic E-state index is 14.2. The van der Waals surface area contributed by atoms with Crippen molar-refractivity contribution in [2.24, 2.45) is 10.9 Å². The first-order valence-corrected chi connectivity index (χ1v) is 6.95. The maximum Gasteiger partial charge on any atom is 0.170 e. The Bertz CT molecular complexity index is 534. The molecule has 0 saturated carbocycles. The van der Waals surface area contributed by atoms with Crippen molar-refractivity contribution in [2.45, 2.75) is 18.9 Å². The van der Waals surface area contributed by atoms with Crippen LogP contribution in [0.25, 0.3) is 0 Å². The summed E-state index contributed by atoms with van der Waals surface area (Å²) >= 11 is 0. The molecule has 1 atom stereocenters. The molecule has 5 nitrogen and oxygen atoms in total. The number of fused-ring (bicyclic) bond motifs is 1. The van der Waals surface area contributed by atoms with Gasteiger partial charge in [0, 0.05) is 31.2 Å². The van der Waals surface area contributed by atoms with Gasteiger partial charge < -0.3 is 15.8 Å². The summed E-state index contributed by atoms with van der Waals surface area (Å²) in [6.45, 7) is 3.88. The number of nitrogens with two attached hydrogens (primary N) is 1. The number of hydrogen-bond acceptors (Lipinski definition) is 4. The minimum Gasteiger partial charge on any atom is -0.409 e. The summed E-state index contributed by atoms with van der Waals surface area (Å²) in [5, 5.41) is 11.5. The largest absolute Gasteiger partial charge is 0.409 e. The number of oxime groups is 1. The van der Waals surface area contributed by atoms with E-state index in [1.54, 1.807) is 12.1 Å². The van der Waals surface area contributed by atoms with Gasteiger partial charge in [-0.15, -0.1) is 0 Å². The second kappa shape index (κ2) is 5.28. The third kappa shape index (κ3) is 2.31. The Labute approximate surface area is 117 Å². The molecule has 0 radical (unpaired) electrons. The van der Waals surface area contributed by atoms with E-state index in [1.807, 2.05) is 0 Å². The lowest BCUT2D eigenvalue weighted by atomic mass is 10.1. The van der Waals surface area contributed by atoms with E-state index in [4.69, 9.17) is 10.9 Å². The molecule has 2 aliphatic heterocycles. The van der Waals surface area contributed by atoms with E-state index in [9.17, 15) is 4.39 Å². The van der Waals surface area contributed by atoms with Crippen LogP contribution in [0, 0.1) is 5.82 Å². The average Bonchev–Trinajstić information content (AvgIpc) is 2.93. The number of piperazine rings is 1. The fourth-order valence-corrected chi connectivity index (χ4v) is 3.19. The molecule has 108 valence electrons. The van der Waals surface area contributed by atoms with E-state index < -0.39 is 0 Å². The topological polar surface area (TPSA) is 65.1 Å². The van der Waals surface area contributed by atoms with Gasteiger partial charge in [-0.2, -0.15) is 0 Å². The molecule has 3 rings (SSSR count). The van der Waals surface area contributed by atoms with Gasteiger partial charge >= 0.3 is 0 Å². The van der Waals surface area contributed by atoms with E-state index in [-0.39, 0.29) is 11.7 Å². The van der Waals surface area contributed by atoms with Crippen molar-refractivity contribution < 1.29 is 9.60 Å². The molecule has 20 heavy (non-hydrogen) atoms. The summed E-state index contributed by atoms with van der Waals surface area (Å²) in [7, 11) is 0. The van der Waals surface area contributed by atoms with Gasteiger partial charge in [-0.3, -0.25) is 4.90 Å². The van der Waals surface area contributed by atoms with Crippen molar-refractivity contribution in [3.63, 3.8) is 0 Å². The Balaban J connectivity index is 1.80. The highest BCUT2D eigenvalue weighted by atomic mass is 19.1. The molecule has 2 aliphatic rings. The third-order valence-electron chi connectivity index (χ3n) is 4.28. The number of amidine groups is 1. The molecule has 6 heteroatoms. The van der Waals surface area contributed by atoms with Gasteiger partial charge in [-0.05, 0) is 37.6 Å². The quantitative estimate of drug-likeness (QED) is 0.369. The van der Waals surface area contributed by atoms with Gasteiger partial charge in [-0.25, -0.2) is 4.39 Å². The van der Waals surface area contributed by atoms with Gasteiger partial charge in [0.15, 0.2) is 5.84 Å². The summed E-state index contributed by atoms with van der Waals surface area (Å²) in [4.78, 5) is 4.58. The SMILES string of the molecule is N/C(=N/O)c1ccc(N2CCN3CCCC3C2)c(F)c1. The minimum absolute atomic E-state index is 0.0731. The van der Waals surface area contributed by atoms with Crippen molar-refractivity contribution in [2.75, 3.05) is 31.1 Å². The lowest BCUT2D eigenvalue weighted by Gasteiger charge is -2.38. The molecule has 0 spiro atoms. The van der Waals surface area contributed by atoms with Crippen molar-refractivity contribution in [1.82, 2.24) is 4.90 Å². The Morgan fingerprint density at radius 2 is 2.20 bits per heavy atom. The van der Waals surface area contributed by atoms with Gasteiger partial charge in [0.05, 0.1) is 5.69 Å². The summed E-state index contributed by atoms with van der Waals surface area (Å²) in [6, 6.07) is 5.28. The lowest BCUT2D eigenvalue weighted by molar-refractivity contribution is 0.230. The molecular formula is C14H19FN4O. The number of halogens is 1.